The monoisotopic (exact) mass is 526 g/mol. The second kappa shape index (κ2) is 10.7. The molecular formula is C29H34N8O2. The lowest BCUT2D eigenvalue weighted by Gasteiger charge is -2.44. The Labute approximate surface area is 228 Å². The van der Waals surface area contributed by atoms with Gasteiger partial charge in [-0.05, 0) is 45.2 Å². The SMILES string of the molecule is C=CC(=O)Nc1cc(Nc2cc(-c3ccc4c(cnn4C)c3)ncn2)c(OC)cc1N1C[C@@H](C)N(C)[C@@H](C)C1. The second-order valence-corrected chi connectivity index (χ2v) is 9.99. The maximum atomic E-state index is 12.4. The highest BCUT2D eigenvalue weighted by Crippen LogP contribution is 2.39. The number of hydrogen-bond acceptors (Lipinski definition) is 8. The molecule has 10 nitrogen and oxygen atoms in total. The summed E-state index contributed by atoms with van der Waals surface area (Å²) >= 11 is 0. The van der Waals surface area contributed by atoms with Gasteiger partial charge in [0.15, 0.2) is 0 Å². The van der Waals surface area contributed by atoms with Crippen molar-refractivity contribution in [2.24, 2.45) is 7.05 Å². The lowest BCUT2D eigenvalue weighted by molar-refractivity contribution is -0.111. The number of hydrogen-bond donors (Lipinski definition) is 2. The molecule has 3 heterocycles. The standard InChI is InChI=1S/C29H34N8O2/c1-7-29(38)34-23-11-24(27(39-6)13-26(23)37-15-18(2)35(4)19(3)16-37)33-28-12-22(30-17-31-28)20-8-9-25-21(10-20)14-32-36(25)5/h7-14,17-19H,1,15-16H2,2-6H3,(H,34,38)(H,30,31,33)/t18-,19+. The molecule has 1 fully saturated rings. The molecule has 0 unspecified atom stereocenters. The van der Waals surface area contributed by atoms with Crippen molar-refractivity contribution in [2.45, 2.75) is 25.9 Å². The van der Waals surface area contributed by atoms with E-state index in [9.17, 15) is 4.79 Å². The molecule has 2 aromatic heterocycles. The molecule has 1 aliphatic heterocycles. The molecule has 2 atom stereocenters. The molecule has 1 amide bonds. The van der Waals surface area contributed by atoms with E-state index in [4.69, 9.17) is 4.74 Å². The number of amides is 1. The van der Waals surface area contributed by atoms with E-state index in [0.29, 0.717) is 35.0 Å². The molecule has 1 aliphatic rings. The number of carbonyl (C=O) groups excluding carboxylic acids is 1. The number of piperazine rings is 1. The largest absolute Gasteiger partial charge is 0.494 e. The van der Waals surface area contributed by atoms with Crippen LogP contribution in [-0.2, 0) is 11.8 Å². The number of aryl methyl sites for hydroxylation is 1. The number of nitrogens with one attached hydrogen (secondary N) is 2. The summed E-state index contributed by atoms with van der Waals surface area (Å²) in [6.07, 6.45) is 4.64. The first kappa shape index (κ1) is 26.2. The summed E-state index contributed by atoms with van der Waals surface area (Å²) in [7, 11) is 5.70. The lowest BCUT2D eigenvalue weighted by atomic mass is 10.1. The van der Waals surface area contributed by atoms with Crippen LogP contribution in [0.4, 0.5) is 22.9 Å². The molecule has 0 aliphatic carbocycles. The summed E-state index contributed by atoms with van der Waals surface area (Å²) in [4.78, 5) is 26.0. The van der Waals surface area contributed by atoms with Crippen molar-refractivity contribution < 1.29 is 9.53 Å². The van der Waals surface area contributed by atoms with Crippen molar-refractivity contribution in [1.29, 1.82) is 0 Å². The van der Waals surface area contributed by atoms with Crippen molar-refractivity contribution in [1.82, 2.24) is 24.6 Å². The minimum atomic E-state index is -0.280. The van der Waals surface area contributed by atoms with E-state index in [2.05, 4.69) is 69.0 Å². The number of ether oxygens (including phenoxy) is 1. The number of rotatable bonds is 7. The Kier molecular flexibility index (Phi) is 7.21. The van der Waals surface area contributed by atoms with Crippen LogP contribution < -0.4 is 20.3 Å². The Hall–Kier alpha value is -4.44. The number of anilines is 4. The summed E-state index contributed by atoms with van der Waals surface area (Å²) in [6, 6.07) is 12.5. The molecule has 10 heteroatoms. The average molecular weight is 527 g/mol. The first-order valence-electron chi connectivity index (χ1n) is 12.9. The highest BCUT2D eigenvalue weighted by Gasteiger charge is 2.29. The number of benzene rings is 2. The van der Waals surface area contributed by atoms with E-state index in [1.165, 1.54) is 12.4 Å². The minimum Gasteiger partial charge on any atom is -0.494 e. The fourth-order valence-corrected chi connectivity index (χ4v) is 5.03. The molecule has 5 rings (SSSR count). The van der Waals surface area contributed by atoms with E-state index in [0.717, 1.165) is 40.9 Å². The third kappa shape index (κ3) is 5.28. The molecule has 0 saturated carbocycles. The van der Waals surface area contributed by atoms with Crippen LogP contribution >= 0.6 is 0 Å². The maximum absolute atomic E-state index is 12.4. The number of carbonyl (C=O) groups is 1. The summed E-state index contributed by atoms with van der Waals surface area (Å²) < 4.78 is 7.63. The molecule has 0 radical (unpaired) electrons. The number of fused-ring (bicyclic) bond motifs is 1. The van der Waals surface area contributed by atoms with Crippen molar-refractivity contribution in [2.75, 3.05) is 42.8 Å². The minimum absolute atomic E-state index is 0.280. The Morgan fingerprint density at radius 3 is 2.56 bits per heavy atom. The van der Waals surface area contributed by atoms with E-state index in [1.807, 2.05) is 48.3 Å². The second-order valence-electron chi connectivity index (χ2n) is 9.99. The summed E-state index contributed by atoms with van der Waals surface area (Å²) in [5.74, 6) is 0.954. The van der Waals surface area contributed by atoms with Gasteiger partial charge >= 0.3 is 0 Å². The third-order valence-electron chi connectivity index (χ3n) is 7.43. The molecule has 4 aromatic rings. The molecule has 2 N–H and O–H groups in total. The highest BCUT2D eigenvalue weighted by atomic mass is 16.5. The van der Waals surface area contributed by atoms with Gasteiger partial charge in [0.2, 0.25) is 5.91 Å². The van der Waals surface area contributed by atoms with Gasteiger partial charge in [0.25, 0.3) is 0 Å². The zero-order chi connectivity index (χ0) is 27.7. The van der Waals surface area contributed by atoms with Gasteiger partial charge in [-0.3, -0.25) is 14.4 Å². The molecular weight excluding hydrogens is 492 g/mol. The summed E-state index contributed by atoms with van der Waals surface area (Å²) in [5, 5.41) is 11.7. The van der Waals surface area contributed by atoms with Crippen LogP contribution in [-0.4, -0.2) is 69.9 Å². The van der Waals surface area contributed by atoms with Crippen molar-refractivity contribution >= 4 is 39.7 Å². The number of nitrogens with zero attached hydrogens (tertiary/aromatic N) is 6. The molecule has 2 aromatic carbocycles. The van der Waals surface area contributed by atoms with E-state index in [-0.39, 0.29) is 5.91 Å². The van der Waals surface area contributed by atoms with Gasteiger partial charge in [-0.15, -0.1) is 0 Å². The Balaban J connectivity index is 1.49. The average Bonchev–Trinajstić information content (AvgIpc) is 3.31. The van der Waals surface area contributed by atoms with E-state index >= 15 is 0 Å². The highest BCUT2D eigenvalue weighted by molar-refractivity contribution is 6.02. The van der Waals surface area contributed by atoms with Crippen LogP contribution in [0.2, 0.25) is 0 Å². The molecule has 1 saturated heterocycles. The van der Waals surface area contributed by atoms with Gasteiger partial charge in [0, 0.05) is 55.3 Å². The number of aromatic nitrogens is 4. The van der Waals surface area contributed by atoms with Gasteiger partial charge in [-0.25, -0.2) is 9.97 Å². The van der Waals surface area contributed by atoms with Gasteiger partial charge in [-0.1, -0.05) is 12.6 Å². The Bertz CT molecular complexity index is 1520. The zero-order valence-electron chi connectivity index (χ0n) is 23.0. The first-order valence-corrected chi connectivity index (χ1v) is 12.9. The first-order chi connectivity index (χ1) is 18.8. The van der Waals surface area contributed by atoms with Crippen LogP contribution in [0.1, 0.15) is 13.8 Å². The van der Waals surface area contributed by atoms with Crippen molar-refractivity contribution in [3.63, 3.8) is 0 Å². The Morgan fingerprint density at radius 1 is 1.08 bits per heavy atom. The van der Waals surface area contributed by atoms with Gasteiger partial charge < -0.3 is 20.3 Å². The third-order valence-corrected chi connectivity index (χ3v) is 7.43. The maximum Gasteiger partial charge on any atom is 0.247 e. The Morgan fingerprint density at radius 2 is 1.85 bits per heavy atom. The van der Waals surface area contributed by atoms with Crippen molar-refractivity contribution in [3.05, 3.63) is 61.6 Å². The topological polar surface area (TPSA) is 100 Å². The number of methoxy groups -OCH3 is 1. The van der Waals surface area contributed by atoms with Crippen molar-refractivity contribution in [3.8, 4) is 17.0 Å². The van der Waals surface area contributed by atoms with Crippen LogP contribution in [0, 0.1) is 0 Å². The van der Waals surface area contributed by atoms with Crippen LogP contribution in [0.5, 0.6) is 5.75 Å². The molecule has 39 heavy (non-hydrogen) atoms. The van der Waals surface area contributed by atoms with Gasteiger partial charge in [-0.2, -0.15) is 5.10 Å². The lowest BCUT2D eigenvalue weighted by Crippen LogP contribution is -2.55. The van der Waals surface area contributed by atoms with Crippen LogP contribution in [0.25, 0.3) is 22.2 Å². The smallest absolute Gasteiger partial charge is 0.247 e. The predicted molar refractivity (Wildman–Crippen MR) is 156 cm³/mol. The molecule has 0 bridgehead atoms. The fourth-order valence-electron chi connectivity index (χ4n) is 5.03. The van der Waals surface area contributed by atoms with Crippen LogP contribution in [0.3, 0.4) is 0 Å². The van der Waals surface area contributed by atoms with E-state index in [1.54, 1.807) is 7.11 Å². The number of likely N-dealkylation sites (N-methyl/N-ethyl adjacent to an activating group) is 1. The molecule has 0 spiro atoms. The van der Waals surface area contributed by atoms with Crippen LogP contribution in [0.15, 0.2) is 61.6 Å². The normalized spacial score (nSPS) is 17.7. The quantitative estimate of drug-likeness (QED) is 0.341. The summed E-state index contributed by atoms with van der Waals surface area (Å²) in [6.45, 7) is 9.68. The van der Waals surface area contributed by atoms with E-state index < -0.39 is 0 Å². The fraction of sp³-hybridized carbons (Fsp3) is 0.310. The molecule has 202 valence electrons. The van der Waals surface area contributed by atoms with Gasteiger partial charge in [0.05, 0.1) is 41.6 Å². The zero-order valence-corrected chi connectivity index (χ0v) is 23.0. The van der Waals surface area contributed by atoms with Gasteiger partial charge in [0.1, 0.15) is 17.9 Å². The predicted octanol–water partition coefficient (Wildman–Crippen LogP) is 4.44. The summed E-state index contributed by atoms with van der Waals surface area (Å²) in [5.41, 5.74) is 5.02.